The lowest BCUT2D eigenvalue weighted by Crippen LogP contribution is -2.35. The maximum atomic E-state index is 6.39. The van der Waals surface area contributed by atoms with Gasteiger partial charge in [0.15, 0.2) is 0 Å². The second-order valence-corrected chi connectivity index (χ2v) is 9.60. The summed E-state index contributed by atoms with van der Waals surface area (Å²) in [5, 5.41) is 0.739. The van der Waals surface area contributed by atoms with E-state index in [0.29, 0.717) is 12.6 Å². The van der Waals surface area contributed by atoms with Gasteiger partial charge < -0.3 is 4.74 Å². The van der Waals surface area contributed by atoms with Gasteiger partial charge in [0.2, 0.25) is 6.33 Å². The maximum absolute atomic E-state index is 6.39. The zero-order chi connectivity index (χ0) is 23.0. The highest BCUT2D eigenvalue weighted by Gasteiger charge is 2.21. The third kappa shape index (κ3) is 6.57. The number of halogens is 2. The summed E-state index contributed by atoms with van der Waals surface area (Å²) < 4.78 is 12.0. The molecular formula is C28H29BrClN2O+. The average molecular weight is 525 g/mol. The molecule has 170 valence electrons. The molecule has 4 rings (SSSR count). The molecule has 3 aromatic carbocycles. The van der Waals surface area contributed by atoms with Gasteiger partial charge in [-0.2, -0.15) is 0 Å². The van der Waals surface area contributed by atoms with Crippen molar-refractivity contribution < 1.29 is 9.30 Å². The summed E-state index contributed by atoms with van der Waals surface area (Å²) in [6.45, 7) is 3.51. The zero-order valence-electron chi connectivity index (χ0n) is 18.8. The number of nitrogens with zero attached hydrogens (tertiary/aromatic N) is 2. The molecule has 4 aromatic rings. The van der Waals surface area contributed by atoms with E-state index in [1.165, 1.54) is 11.1 Å². The molecule has 33 heavy (non-hydrogen) atoms. The van der Waals surface area contributed by atoms with E-state index in [1.54, 1.807) is 0 Å². The Morgan fingerprint density at radius 2 is 1.67 bits per heavy atom. The first-order valence-corrected chi connectivity index (χ1v) is 12.5. The summed E-state index contributed by atoms with van der Waals surface area (Å²) in [6.07, 6.45) is 8.66. The van der Waals surface area contributed by atoms with Crippen LogP contribution in [0.5, 0.6) is 0 Å². The second kappa shape index (κ2) is 11.6. The summed E-state index contributed by atoms with van der Waals surface area (Å²) in [6, 6.07) is 27.2. The SMILES string of the molecule is CCCC(c1ccc(Br)cc1)n1cc[n+](CC(OCc2ccc(Cl)cc2)c2ccccc2)c1. The van der Waals surface area contributed by atoms with Crippen LogP contribution in [-0.4, -0.2) is 4.57 Å². The van der Waals surface area contributed by atoms with Crippen molar-refractivity contribution in [3.63, 3.8) is 0 Å². The predicted molar refractivity (Wildman–Crippen MR) is 137 cm³/mol. The summed E-state index contributed by atoms with van der Waals surface area (Å²) in [5.74, 6) is 0. The van der Waals surface area contributed by atoms with Gasteiger partial charge in [-0.1, -0.05) is 95.5 Å². The third-order valence-corrected chi connectivity index (χ3v) is 6.58. The summed E-state index contributed by atoms with van der Waals surface area (Å²) >= 11 is 9.58. The molecule has 1 heterocycles. The molecular weight excluding hydrogens is 496 g/mol. The van der Waals surface area contributed by atoms with Gasteiger partial charge in [0.25, 0.3) is 0 Å². The van der Waals surface area contributed by atoms with Gasteiger partial charge >= 0.3 is 0 Å². The van der Waals surface area contributed by atoms with E-state index >= 15 is 0 Å². The fourth-order valence-corrected chi connectivity index (χ4v) is 4.43. The molecule has 2 unspecified atom stereocenters. The molecule has 5 heteroatoms. The number of benzene rings is 3. The number of hydrogen-bond donors (Lipinski definition) is 0. The van der Waals surface area contributed by atoms with E-state index < -0.39 is 0 Å². The molecule has 0 aliphatic rings. The molecule has 0 aliphatic carbocycles. The summed E-state index contributed by atoms with van der Waals surface area (Å²) in [5.41, 5.74) is 3.60. The third-order valence-electron chi connectivity index (χ3n) is 5.80. The first-order valence-electron chi connectivity index (χ1n) is 11.4. The van der Waals surface area contributed by atoms with Gasteiger partial charge in [-0.25, -0.2) is 9.13 Å². The van der Waals surface area contributed by atoms with Gasteiger partial charge in [-0.3, -0.25) is 0 Å². The highest BCUT2D eigenvalue weighted by Crippen LogP contribution is 2.25. The topological polar surface area (TPSA) is 18.0 Å². The van der Waals surface area contributed by atoms with Crippen LogP contribution >= 0.6 is 27.5 Å². The van der Waals surface area contributed by atoms with Crippen molar-refractivity contribution in [2.75, 3.05) is 0 Å². The lowest BCUT2D eigenvalue weighted by molar-refractivity contribution is -0.705. The number of aromatic nitrogens is 2. The first kappa shape index (κ1) is 23.7. The fraction of sp³-hybridized carbons (Fsp3) is 0.250. The Morgan fingerprint density at radius 3 is 2.36 bits per heavy atom. The normalized spacial score (nSPS) is 13.1. The van der Waals surface area contributed by atoms with Gasteiger partial charge in [0.05, 0.1) is 6.61 Å². The Balaban J connectivity index is 1.52. The minimum absolute atomic E-state index is 0.0555. The highest BCUT2D eigenvalue weighted by atomic mass is 79.9. The van der Waals surface area contributed by atoms with Crippen molar-refractivity contribution in [3.8, 4) is 0 Å². The van der Waals surface area contributed by atoms with Crippen LogP contribution in [0.3, 0.4) is 0 Å². The van der Waals surface area contributed by atoms with Gasteiger partial charge in [-0.15, -0.1) is 0 Å². The fourth-order valence-electron chi connectivity index (χ4n) is 4.04. The number of imidazole rings is 1. The molecule has 0 amide bonds. The number of rotatable bonds is 10. The highest BCUT2D eigenvalue weighted by molar-refractivity contribution is 9.10. The maximum Gasteiger partial charge on any atom is 0.244 e. The largest absolute Gasteiger partial charge is 0.365 e. The molecule has 0 aliphatic heterocycles. The van der Waals surface area contributed by atoms with Crippen LogP contribution in [-0.2, 0) is 17.9 Å². The Bertz CT molecular complexity index is 1130. The van der Waals surface area contributed by atoms with Crippen molar-refractivity contribution in [1.29, 1.82) is 0 Å². The van der Waals surface area contributed by atoms with Gasteiger partial charge in [0, 0.05) is 9.50 Å². The molecule has 0 N–H and O–H groups in total. The van der Waals surface area contributed by atoms with Crippen molar-refractivity contribution in [2.24, 2.45) is 0 Å². The van der Waals surface area contributed by atoms with Crippen molar-refractivity contribution in [2.45, 2.75) is 45.1 Å². The van der Waals surface area contributed by atoms with Crippen molar-refractivity contribution in [1.82, 2.24) is 4.57 Å². The lowest BCUT2D eigenvalue weighted by atomic mass is 10.0. The van der Waals surface area contributed by atoms with Crippen LogP contribution in [0.1, 0.15) is 48.6 Å². The van der Waals surface area contributed by atoms with Crippen molar-refractivity contribution >= 4 is 27.5 Å². The molecule has 0 spiro atoms. The van der Waals surface area contributed by atoms with E-state index in [1.807, 2.05) is 30.3 Å². The average Bonchev–Trinajstić information content (AvgIpc) is 3.31. The second-order valence-electron chi connectivity index (χ2n) is 8.25. The standard InChI is InChI=1S/C28H29BrClN2O/c1-2-6-27(23-11-13-25(29)14-12-23)32-18-17-31(21-32)19-28(24-7-4-3-5-8-24)33-20-22-9-15-26(30)16-10-22/h3-5,7-18,21,27-28H,2,6,19-20H2,1H3/q+1. The lowest BCUT2D eigenvalue weighted by Gasteiger charge is -2.17. The molecule has 1 aromatic heterocycles. The zero-order valence-corrected chi connectivity index (χ0v) is 21.1. The van der Waals surface area contributed by atoms with E-state index in [0.717, 1.165) is 34.4 Å². The van der Waals surface area contributed by atoms with Crippen LogP contribution in [0.25, 0.3) is 0 Å². The monoisotopic (exact) mass is 523 g/mol. The number of ether oxygens (including phenoxy) is 1. The van der Waals surface area contributed by atoms with Crippen LogP contribution in [0.2, 0.25) is 5.02 Å². The van der Waals surface area contributed by atoms with Gasteiger partial charge in [0.1, 0.15) is 31.1 Å². The quantitative estimate of drug-likeness (QED) is 0.196. The van der Waals surface area contributed by atoms with E-state index in [-0.39, 0.29) is 6.10 Å². The molecule has 0 radical (unpaired) electrons. The van der Waals surface area contributed by atoms with Crippen molar-refractivity contribution in [3.05, 3.63) is 124 Å². The summed E-state index contributed by atoms with van der Waals surface area (Å²) in [7, 11) is 0. The van der Waals surface area contributed by atoms with Crippen LogP contribution in [0.15, 0.2) is 102 Å². The van der Waals surface area contributed by atoms with Crippen LogP contribution in [0.4, 0.5) is 0 Å². The van der Waals surface area contributed by atoms with E-state index in [4.69, 9.17) is 16.3 Å². The van der Waals surface area contributed by atoms with E-state index in [9.17, 15) is 0 Å². The first-order chi connectivity index (χ1) is 16.1. The van der Waals surface area contributed by atoms with Gasteiger partial charge in [-0.05, 0) is 47.4 Å². The molecule has 0 saturated heterocycles. The molecule has 0 bridgehead atoms. The van der Waals surface area contributed by atoms with Crippen LogP contribution < -0.4 is 4.57 Å². The molecule has 3 nitrogen and oxygen atoms in total. The molecule has 2 atom stereocenters. The predicted octanol–water partition coefficient (Wildman–Crippen LogP) is 7.54. The Kier molecular flexibility index (Phi) is 8.38. The Labute approximate surface area is 209 Å². The van der Waals surface area contributed by atoms with Crippen LogP contribution in [0, 0.1) is 0 Å². The smallest absolute Gasteiger partial charge is 0.244 e. The minimum atomic E-state index is -0.0555. The Hall–Kier alpha value is -2.40. The summed E-state index contributed by atoms with van der Waals surface area (Å²) in [4.78, 5) is 0. The van der Waals surface area contributed by atoms with E-state index in [2.05, 4.69) is 99.2 Å². The number of hydrogen-bond acceptors (Lipinski definition) is 1. The Morgan fingerprint density at radius 1 is 0.939 bits per heavy atom. The molecule has 0 saturated carbocycles. The molecule has 0 fully saturated rings. The minimum Gasteiger partial charge on any atom is -0.365 e.